The van der Waals surface area contributed by atoms with Gasteiger partial charge in [-0.15, -0.1) is 0 Å². The van der Waals surface area contributed by atoms with Crippen molar-refractivity contribution < 1.29 is 4.79 Å². The average Bonchev–Trinajstić information content (AvgIpc) is 2.69. The van der Waals surface area contributed by atoms with Crippen LogP contribution in [0.25, 0.3) is 0 Å². The summed E-state index contributed by atoms with van der Waals surface area (Å²) < 4.78 is 0. The number of hydrogen-bond donors (Lipinski definition) is 0. The van der Waals surface area contributed by atoms with Gasteiger partial charge in [0.1, 0.15) is 5.71 Å². The fraction of sp³-hybridized carbons (Fsp3) is 0.0833. The van der Waals surface area contributed by atoms with Crippen molar-refractivity contribution in [2.45, 2.75) is 13.8 Å². The third-order valence-electron chi connectivity index (χ3n) is 4.87. The molecule has 0 saturated heterocycles. The van der Waals surface area contributed by atoms with E-state index in [-0.39, 0.29) is 5.78 Å². The Morgan fingerprint density at radius 3 is 2.32 bits per heavy atom. The van der Waals surface area contributed by atoms with Gasteiger partial charge in [-0.05, 0) is 43.2 Å². The molecule has 4 heteroatoms. The zero-order valence-corrected chi connectivity index (χ0v) is 16.5. The summed E-state index contributed by atoms with van der Waals surface area (Å²) in [4.78, 5) is 19.8. The van der Waals surface area contributed by atoms with Gasteiger partial charge in [-0.2, -0.15) is 0 Å². The summed E-state index contributed by atoms with van der Waals surface area (Å²) in [6.07, 6.45) is 0. The monoisotopic (exact) mass is 386 g/mol. The summed E-state index contributed by atoms with van der Waals surface area (Å²) in [7, 11) is 0. The number of aryl methyl sites for hydroxylation is 2. The molecule has 1 heterocycles. The lowest BCUT2D eigenvalue weighted by Gasteiger charge is -2.34. The maximum atomic E-state index is 13.2. The Morgan fingerprint density at radius 2 is 1.64 bits per heavy atom. The SMILES string of the molecule is C=C1C(C(=O)c2ccccc2)=Nc2ccc(Cl)cc2N1c1c(C)cccc1C. The minimum Gasteiger partial charge on any atom is -0.306 e. The number of benzene rings is 3. The number of rotatable bonds is 3. The van der Waals surface area contributed by atoms with Gasteiger partial charge in [0.05, 0.1) is 22.8 Å². The van der Waals surface area contributed by atoms with Gasteiger partial charge in [0.15, 0.2) is 0 Å². The first kappa shape index (κ1) is 18.2. The van der Waals surface area contributed by atoms with Crippen molar-refractivity contribution >= 4 is 40.2 Å². The number of carbonyl (C=O) groups is 1. The number of aliphatic imine (C=N–C) groups is 1. The molecule has 0 aromatic heterocycles. The molecular weight excluding hydrogens is 368 g/mol. The minimum atomic E-state index is -0.151. The maximum absolute atomic E-state index is 13.2. The molecule has 0 radical (unpaired) electrons. The van der Waals surface area contributed by atoms with Gasteiger partial charge in [0, 0.05) is 10.6 Å². The number of ketones is 1. The molecule has 3 aromatic carbocycles. The highest BCUT2D eigenvalue weighted by atomic mass is 35.5. The number of fused-ring (bicyclic) bond motifs is 1. The number of halogens is 1. The molecular formula is C24H19ClN2O. The first-order valence-corrected chi connectivity index (χ1v) is 9.39. The van der Waals surface area contributed by atoms with Crippen molar-refractivity contribution in [2.75, 3.05) is 4.90 Å². The number of para-hydroxylation sites is 1. The average molecular weight is 387 g/mol. The van der Waals surface area contributed by atoms with E-state index in [4.69, 9.17) is 11.6 Å². The van der Waals surface area contributed by atoms with Crippen LogP contribution in [-0.4, -0.2) is 11.5 Å². The van der Waals surface area contributed by atoms with Gasteiger partial charge in [0.2, 0.25) is 5.78 Å². The van der Waals surface area contributed by atoms with E-state index in [1.54, 1.807) is 18.2 Å². The number of Topliss-reactive ketones (excluding diaryl/α,β-unsaturated/α-hetero) is 1. The molecule has 0 atom stereocenters. The number of carbonyl (C=O) groups excluding carboxylic acids is 1. The minimum absolute atomic E-state index is 0.151. The van der Waals surface area contributed by atoms with Gasteiger partial charge in [0.25, 0.3) is 0 Å². The summed E-state index contributed by atoms with van der Waals surface area (Å²) >= 11 is 6.28. The topological polar surface area (TPSA) is 32.7 Å². The zero-order valence-electron chi connectivity index (χ0n) is 15.7. The highest BCUT2D eigenvalue weighted by Crippen LogP contribution is 2.44. The molecule has 4 rings (SSSR count). The molecule has 3 nitrogen and oxygen atoms in total. The normalized spacial score (nSPS) is 13.2. The van der Waals surface area contributed by atoms with E-state index < -0.39 is 0 Å². The van der Waals surface area contributed by atoms with Crippen LogP contribution in [0.4, 0.5) is 17.1 Å². The Balaban J connectivity index is 1.93. The third-order valence-corrected chi connectivity index (χ3v) is 5.10. The lowest BCUT2D eigenvalue weighted by molar-refractivity contribution is 0.106. The van der Waals surface area contributed by atoms with Crippen molar-refractivity contribution in [1.29, 1.82) is 0 Å². The second-order valence-electron chi connectivity index (χ2n) is 6.81. The quantitative estimate of drug-likeness (QED) is 0.476. The molecule has 0 aliphatic carbocycles. The Labute approximate surface area is 169 Å². The van der Waals surface area contributed by atoms with Crippen LogP contribution >= 0.6 is 11.6 Å². The number of allylic oxidation sites excluding steroid dienone is 1. The Kier molecular flexibility index (Phi) is 4.62. The zero-order chi connectivity index (χ0) is 19.8. The van der Waals surface area contributed by atoms with Gasteiger partial charge in [-0.3, -0.25) is 4.79 Å². The lowest BCUT2D eigenvalue weighted by Crippen LogP contribution is -2.31. The maximum Gasteiger partial charge on any atom is 0.213 e. The van der Waals surface area contributed by atoms with Crippen molar-refractivity contribution in [1.82, 2.24) is 0 Å². The van der Waals surface area contributed by atoms with E-state index in [0.29, 0.717) is 27.7 Å². The van der Waals surface area contributed by atoms with Crippen LogP contribution in [0.2, 0.25) is 5.02 Å². The Morgan fingerprint density at radius 1 is 0.964 bits per heavy atom. The van der Waals surface area contributed by atoms with Gasteiger partial charge >= 0.3 is 0 Å². The van der Waals surface area contributed by atoms with Crippen LogP contribution < -0.4 is 4.90 Å². The predicted molar refractivity (Wildman–Crippen MR) is 117 cm³/mol. The molecule has 0 amide bonds. The summed E-state index contributed by atoms with van der Waals surface area (Å²) in [5.41, 5.74) is 6.13. The van der Waals surface area contributed by atoms with Crippen molar-refractivity contribution in [2.24, 2.45) is 4.99 Å². The van der Waals surface area contributed by atoms with E-state index in [1.165, 1.54) is 0 Å². The van der Waals surface area contributed by atoms with Crippen molar-refractivity contribution in [3.8, 4) is 0 Å². The molecule has 1 aliphatic heterocycles. The van der Waals surface area contributed by atoms with E-state index in [2.05, 4.69) is 11.6 Å². The second-order valence-corrected chi connectivity index (χ2v) is 7.25. The number of hydrogen-bond acceptors (Lipinski definition) is 3. The van der Waals surface area contributed by atoms with Crippen LogP contribution in [0.15, 0.2) is 84.0 Å². The summed E-state index contributed by atoms with van der Waals surface area (Å²) in [6.45, 7) is 8.33. The predicted octanol–water partition coefficient (Wildman–Crippen LogP) is 6.58. The fourth-order valence-corrected chi connectivity index (χ4v) is 3.69. The molecule has 28 heavy (non-hydrogen) atoms. The second kappa shape index (κ2) is 7.10. The highest BCUT2D eigenvalue weighted by molar-refractivity contribution is 6.53. The summed E-state index contributed by atoms with van der Waals surface area (Å²) in [6, 6.07) is 20.7. The molecule has 0 bridgehead atoms. The van der Waals surface area contributed by atoms with E-state index in [1.807, 2.05) is 67.3 Å². The van der Waals surface area contributed by atoms with E-state index in [9.17, 15) is 4.79 Å². The van der Waals surface area contributed by atoms with Crippen LogP contribution in [0.3, 0.4) is 0 Å². The third kappa shape index (κ3) is 3.04. The number of nitrogens with zero attached hydrogens (tertiary/aromatic N) is 2. The fourth-order valence-electron chi connectivity index (χ4n) is 3.53. The molecule has 1 aliphatic rings. The van der Waals surface area contributed by atoms with Crippen LogP contribution in [-0.2, 0) is 0 Å². The first-order chi connectivity index (χ1) is 13.5. The summed E-state index contributed by atoms with van der Waals surface area (Å²) in [5.74, 6) is -0.151. The Hall–Kier alpha value is -3.17. The largest absolute Gasteiger partial charge is 0.306 e. The summed E-state index contributed by atoms with van der Waals surface area (Å²) in [5, 5.41) is 0.607. The smallest absolute Gasteiger partial charge is 0.213 e. The molecule has 3 aromatic rings. The standard InChI is InChI=1S/C24H19ClN2O/c1-15-8-7-9-16(2)23(15)27-17(3)22(24(28)18-10-5-4-6-11-18)26-20-13-12-19(25)14-21(20)27/h4-14H,3H2,1-2H3. The van der Waals surface area contributed by atoms with E-state index in [0.717, 1.165) is 22.5 Å². The highest BCUT2D eigenvalue weighted by Gasteiger charge is 2.31. The Bertz CT molecular complexity index is 1110. The van der Waals surface area contributed by atoms with Crippen LogP contribution in [0.5, 0.6) is 0 Å². The lowest BCUT2D eigenvalue weighted by atomic mass is 9.99. The molecule has 0 unspecified atom stereocenters. The number of anilines is 2. The molecule has 0 spiro atoms. The van der Waals surface area contributed by atoms with Gasteiger partial charge in [-0.25, -0.2) is 4.99 Å². The molecule has 0 saturated carbocycles. The van der Waals surface area contributed by atoms with Crippen LogP contribution in [0, 0.1) is 13.8 Å². The molecule has 0 N–H and O–H groups in total. The molecule has 138 valence electrons. The van der Waals surface area contributed by atoms with Crippen LogP contribution in [0.1, 0.15) is 21.5 Å². The van der Waals surface area contributed by atoms with Crippen molar-refractivity contribution in [3.05, 3.63) is 101 Å². The first-order valence-electron chi connectivity index (χ1n) is 9.01. The van der Waals surface area contributed by atoms with Gasteiger partial charge in [-0.1, -0.05) is 66.7 Å². The van der Waals surface area contributed by atoms with Gasteiger partial charge < -0.3 is 4.90 Å². The van der Waals surface area contributed by atoms with E-state index >= 15 is 0 Å². The molecule has 0 fully saturated rings. The van der Waals surface area contributed by atoms with Crippen molar-refractivity contribution in [3.63, 3.8) is 0 Å².